The van der Waals surface area contributed by atoms with Gasteiger partial charge in [0.2, 0.25) is 0 Å². The lowest BCUT2D eigenvalue weighted by Crippen LogP contribution is -2.31. The van der Waals surface area contributed by atoms with E-state index in [0.29, 0.717) is 12.8 Å². The van der Waals surface area contributed by atoms with E-state index >= 15 is 0 Å². The quantitative estimate of drug-likeness (QED) is 0.631. The molecule has 1 N–H and O–H groups in total. The Hall–Kier alpha value is -0.180. The molecule has 0 fully saturated rings. The second-order valence-electron chi connectivity index (χ2n) is 2.79. The molecule has 11 heavy (non-hydrogen) atoms. The Bertz CT molecular complexity index is 136. The highest BCUT2D eigenvalue weighted by Crippen LogP contribution is 2.25. The zero-order valence-electron chi connectivity index (χ0n) is 7.13. The SMILES string of the molecule is CCCCC(S)(CC)C(=O)O. The zero-order chi connectivity index (χ0) is 8.91. The zero-order valence-corrected chi connectivity index (χ0v) is 8.03. The minimum absolute atomic E-state index is 0.589. The van der Waals surface area contributed by atoms with Crippen LogP contribution in [0.2, 0.25) is 0 Å². The van der Waals surface area contributed by atoms with Gasteiger partial charge in [0.25, 0.3) is 0 Å². The molecule has 0 saturated carbocycles. The molecule has 0 aromatic rings. The normalized spacial score (nSPS) is 15.9. The fraction of sp³-hybridized carbons (Fsp3) is 0.875. The summed E-state index contributed by atoms with van der Waals surface area (Å²) in [5, 5.41) is 8.78. The fourth-order valence-electron chi connectivity index (χ4n) is 0.904. The monoisotopic (exact) mass is 176 g/mol. The van der Waals surface area contributed by atoms with Crippen LogP contribution in [-0.4, -0.2) is 15.8 Å². The van der Waals surface area contributed by atoms with E-state index in [0.717, 1.165) is 12.8 Å². The van der Waals surface area contributed by atoms with Crippen LogP contribution in [0.1, 0.15) is 39.5 Å². The topological polar surface area (TPSA) is 37.3 Å². The molecular formula is C8H16O2S. The largest absolute Gasteiger partial charge is 0.480 e. The van der Waals surface area contributed by atoms with Gasteiger partial charge in [-0.1, -0.05) is 26.7 Å². The highest BCUT2D eigenvalue weighted by molar-refractivity contribution is 7.82. The minimum atomic E-state index is -0.796. The Balaban J connectivity index is 3.99. The van der Waals surface area contributed by atoms with Gasteiger partial charge in [-0.05, 0) is 12.8 Å². The third-order valence-electron chi connectivity index (χ3n) is 1.93. The molecule has 0 rings (SSSR count). The summed E-state index contributed by atoms with van der Waals surface area (Å²) in [6, 6.07) is 0. The van der Waals surface area contributed by atoms with Crippen LogP contribution in [-0.2, 0) is 4.79 Å². The lowest BCUT2D eigenvalue weighted by Gasteiger charge is -2.20. The second kappa shape index (κ2) is 4.65. The molecule has 0 heterocycles. The van der Waals surface area contributed by atoms with Crippen molar-refractivity contribution in [2.24, 2.45) is 0 Å². The molecular weight excluding hydrogens is 160 g/mol. The number of rotatable bonds is 5. The third-order valence-corrected chi connectivity index (χ3v) is 2.66. The molecule has 0 bridgehead atoms. The van der Waals surface area contributed by atoms with Gasteiger partial charge in [0.1, 0.15) is 4.75 Å². The van der Waals surface area contributed by atoms with Crippen molar-refractivity contribution in [1.29, 1.82) is 0 Å². The fourth-order valence-corrected chi connectivity index (χ4v) is 1.06. The molecule has 0 aliphatic rings. The van der Waals surface area contributed by atoms with Gasteiger partial charge in [-0.25, -0.2) is 0 Å². The van der Waals surface area contributed by atoms with Gasteiger partial charge in [0.15, 0.2) is 0 Å². The van der Waals surface area contributed by atoms with E-state index < -0.39 is 10.7 Å². The maximum absolute atomic E-state index is 10.7. The predicted octanol–water partition coefficient (Wildman–Crippen LogP) is 2.34. The summed E-state index contributed by atoms with van der Waals surface area (Å²) in [5.41, 5.74) is 0. The van der Waals surface area contributed by atoms with Crippen LogP contribution in [0, 0.1) is 0 Å². The van der Waals surface area contributed by atoms with Crippen LogP contribution in [0.25, 0.3) is 0 Å². The van der Waals surface area contributed by atoms with Gasteiger partial charge in [0, 0.05) is 0 Å². The molecule has 1 unspecified atom stereocenters. The third kappa shape index (κ3) is 3.14. The highest BCUT2D eigenvalue weighted by Gasteiger charge is 2.31. The first-order valence-electron chi connectivity index (χ1n) is 4.02. The smallest absolute Gasteiger partial charge is 0.319 e. The van der Waals surface area contributed by atoms with Gasteiger partial charge in [-0.2, -0.15) is 12.6 Å². The van der Waals surface area contributed by atoms with Crippen molar-refractivity contribution in [2.75, 3.05) is 0 Å². The van der Waals surface area contributed by atoms with Crippen molar-refractivity contribution in [2.45, 2.75) is 44.3 Å². The maximum Gasteiger partial charge on any atom is 0.319 e. The van der Waals surface area contributed by atoms with Gasteiger partial charge in [-0.3, -0.25) is 4.79 Å². The summed E-state index contributed by atoms with van der Waals surface area (Å²) in [6.45, 7) is 3.91. The first kappa shape index (κ1) is 10.8. The van der Waals surface area contributed by atoms with E-state index in [1.807, 2.05) is 13.8 Å². The summed E-state index contributed by atoms with van der Waals surface area (Å²) < 4.78 is -0.796. The number of carboxylic acid groups (broad SMARTS) is 1. The molecule has 66 valence electrons. The Morgan fingerprint density at radius 2 is 2.09 bits per heavy atom. The number of hydrogen-bond donors (Lipinski definition) is 2. The van der Waals surface area contributed by atoms with Crippen molar-refractivity contribution in [1.82, 2.24) is 0 Å². The lowest BCUT2D eigenvalue weighted by atomic mass is 9.98. The molecule has 1 atom stereocenters. The molecule has 0 aliphatic carbocycles. The average Bonchev–Trinajstić information content (AvgIpc) is 2.00. The summed E-state index contributed by atoms with van der Waals surface area (Å²) >= 11 is 4.15. The van der Waals surface area contributed by atoms with Gasteiger partial charge in [0.05, 0.1) is 0 Å². The minimum Gasteiger partial charge on any atom is -0.480 e. The molecule has 3 heteroatoms. The Morgan fingerprint density at radius 1 is 1.55 bits per heavy atom. The molecule has 0 aromatic carbocycles. The summed E-state index contributed by atoms with van der Waals surface area (Å²) in [6.07, 6.45) is 3.21. The van der Waals surface area contributed by atoms with Gasteiger partial charge >= 0.3 is 5.97 Å². The Labute approximate surface area is 73.4 Å². The first-order valence-corrected chi connectivity index (χ1v) is 4.47. The number of carbonyl (C=O) groups is 1. The molecule has 0 amide bonds. The van der Waals surface area contributed by atoms with Crippen LogP contribution >= 0.6 is 12.6 Å². The van der Waals surface area contributed by atoms with E-state index in [1.165, 1.54) is 0 Å². The Kier molecular flexibility index (Phi) is 4.57. The van der Waals surface area contributed by atoms with Gasteiger partial charge in [-0.15, -0.1) is 0 Å². The summed E-state index contributed by atoms with van der Waals surface area (Å²) in [4.78, 5) is 10.7. The van der Waals surface area contributed by atoms with Crippen molar-refractivity contribution < 1.29 is 9.90 Å². The maximum atomic E-state index is 10.7. The van der Waals surface area contributed by atoms with Crippen LogP contribution in [0.3, 0.4) is 0 Å². The van der Waals surface area contributed by atoms with E-state index in [4.69, 9.17) is 5.11 Å². The predicted molar refractivity (Wildman–Crippen MR) is 49.2 cm³/mol. The number of thiol groups is 1. The van der Waals surface area contributed by atoms with Crippen LogP contribution in [0.15, 0.2) is 0 Å². The van der Waals surface area contributed by atoms with E-state index in [-0.39, 0.29) is 0 Å². The number of unbranched alkanes of at least 4 members (excludes halogenated alkanes) is 1. The average molecular weight is 176 g/mol. The molecule has 0 aromatic heterocycles. The standard InChI is InChI=1S/C8H16O2S/c1-3-5-6-8(11,4-2)7(9)10/h11H,3-6H2,1-2H3,(H,9,10). The van der Waals surface area contributed by atoms with Crippen molar-refractivity contribution in [3.05, 3.63) is 0 Å². The van der Waals surface area contributed by atoms with E-state index in [2.05, 4.69) is 12.6 Å². The van der Waals surface area contributed by atoms with Crippen LogP contribution in [0.4, 0.5) is 0 Å². The molecule has 0 spiro atoms. The second-order valence-corrected chi connectivity index (χ2v) is 3.65. The highest BCUT2D eigenvalue weighted by atomic mass is 32.1. The molecule has 0 saturated heterocycles. The van der Waals surface area contributed by atoms with Crippen molar-refractivity contribution in [3.8, 4) is 0 Å². The van der Waals surface area contributed by atoms with E-state index in [9.17, 15) is 4.79 Å². The first-order chi connectivity index (χ1) is 5.06. The summed E-state index contributed by atoms with van der Waals surface area (Å²) in [5.74, 6) is -0.795. The van der Waals surface area contributed by atoms with Crippen LogP contribution in [0.5, 0.6) is 0 Å². The van der Waals surface area contributed by atoms with Crippen molar-refractivity contribution >= 4 is 18.6 Å². The lowest BCUT2D eigenvalue weighted by molar-refractivity contribution is -0.140. The molecule has 0 radical (unpaired) electrons. The van der Waals surface area contributed by atoms with Crippen LogP contribution < -0.4 is 0 Å². The Morgan fingerprint density at radius 3 is 2.36 bits per heavy atom. The van der Waals surface area contributed by atoms with Gasteiger partial charge < -0.3 is 5.11 Å². The van der Waals surface area contributed by atoms with E-state index in [1.54, 1.807) is 0 Å². The molecule has 2 nitrogen and oxygen atoms in total. The van der Waals surface area contributed by atoms with Crippen molar-refractivity contribution in [3.63, 3.8) is 0 Å². The number of carboxylic acids is 1. The number of aliphatic carboxylic acids is 1. The number of hydrogen-bond acceptors (Lipinski definition) is 2. The molecule has 0 aliphatic heterocycles. The summed E-state index contributed by atoms with van der Waals surface area (Å²) in [7, 11) is 0.